The Hall–Kier alpha value is -1.87. The van der Waals surface area contributed by atoms with Crippen molar-refractivity contribution in [2.24, 2.45) is 0 Å². The molecule has 2 N–H and O–H groups in total. The van der Waals surface area contributed by atoms with Gasteiger partial charge in [-0.3, -0.25) is 0 Å². The van der Waals surface area contributed by atoms with Gasteiger partial charge in [0.2, 0.25) is 0 Å². The largest absolute Gasteiger partial charge is 0.508 e. The van der Waals surface area contributed by atoms with Gasteiger partial charge in [0.1, 0.15) is 11.5 Å². The van der Waals surface area contributed by atoms with Crippen molar-refractivity contribution in [3.8, 4) is 11.5 Å². The molecular formula is C17H20ClNO2. The summed E-state index contributed by atoms with van der Waals surface area (Å²) in [5, 5.41) is 13.6. The number of aryl methyl sites for hydroxylation is 1. The molecule has 21 heavy (non-hydrogen) atoms. The molecule has 0 aliphatic rings. The van der Waals surface area contributed by atoms with E-state index in [4.69, 9.17) is 16.3 Å². The standard InChI is InChI=1S/C17H20ClNO2/c1-4-15(12-5-7-13(20)8-6-12)19-16-9-11(2)14(18)10-17(16)21-3/h5-10,15,19-20H,4H2,1-3H3. The predicted molar refractivity (Wildman–Crippen MR) is 87.5 cm³/mol. The minimum Gasteiger partial charge on any atom is -0.508 e. The Morgan fingerprint density at radius 3 is 2.48 bits per heavy atom. The first-order valence-electron chi connectivity index (χ1n) is 6.94. The molecule has 0 heterocycles. The van der Waals surface area contributed by atoms with Crippen LogP contribution in [-0.4, -0.2) is 12.2 Å². The fourth-order valence-electron chi connectivity index (χ4n) is 2.26. The van der Waals surface area contributed by atoms with Crippen molar-refractivity contribution < 1.29 is 9.84 Å². The van der Waals surface area contributed by atoms with Crippen LogP contribution >= 0.6 is 11.6 Å². The Bertz CT molecular complexity index is 611. The lowest BCUT2D eigenvalue weighted by Gasteiger charge is -2.21. The first-order chi connectivity index (χ1) is 10.0. The summed E-state index contributed by atoms with van der Waals surface area (Å²) in [5.41, 5.74) is 3.03. The molecule has 0 spiro atoms. The molecule has 0 aliphatic heterocycles. The number of methoxy groups -OCH3 is 1. The molecule has 4 heteroatoms. The summed E-state index contributed by atoms with van der Waals surface area (Å²) in [5.74, 6) is 0.997. The van der Waals surface area contributed by atoms with Gasteiger partial charge in [-0.2, -0.15) is 0 Å². The van der Waals surface area contributed by atoms with Crippen LogP contribution < -0.4 is 10.1 Å². The van der Waals surface area contributed by atoms with Gasteiger partial charge in [0.05, 0.1) is 18.8 Å². The average Bonchev–Trinajstić information content (AvgIpc) is 2.49. The smallest absolute Gasteiger partial charge is 0.143 e. The van der Waals surface area contributed by atoms with Crippen molar-refractivity contribution in [2.45, 2.75) is 26.3 Å². The molecule has 0 bridgehead atoms. The molecule has 0 saturated heterocycles. The molecule has 0 aromatic heterocycles. The number of benzene rings is 2. The van der Waals surface area contributed by atoms with Gasteiger partial charge in [0.15, 0.2) is 0 Å². The highest BCUT2D eigenvalue weighted by Crippen LogP contribution is 2.34. The maximum absolute atomic E-state index is 9.39. The van der Waals surface area contributed by atoms with Crippen molar-refractivity contribution in [3.05, 3.63) is 52.5 Å². The van der Waals surface area contributed by atoms with Gasteiger partial charge in [0, 0.05) is 11.1 Å². The number of anilines is 1. The number of ether oxygens (including phenoxy) is 1. The summed E-state index contributed by atoms with van der Waals surface area (Å²) in [6.45, 7) is 4.08. The van der Waals surface area contributed by atoms with Gasteiger partial charge in [0.25, 0.3) is 0 Å². The molecule has 1 unspecified atom stereocenters. The normalized spacial score (nSPS) is 12.0. The van der Waals surface area contributed by atoms with Crippen LogP contribution in [0.5, 0.6) is 11.5 Å². The summed E-state index contributed by atoms with van der Waals surface area (Å²) in [6.07, 6.45) is 0.912. The lowest BCUT2D eigenvalue weighted by molar-refractivity contribution is 0.416. The van der Waals surface area contributed by atoms with E-state index < -0.39 is 0 Å². The quantitative estimate of drug-likeness (QED) is 0.823. The van der Waals surface area contributed by atoms with E-state index in [-0.39, 0.29) is 11.8 Å². The predicted octanol–water partition coefficient (Wildman–Crippen LogP) is 4.93. The van der Waals surface area contributed by atoms with Gasteiger partial charge in [-0.1, -0.05) is 30.7 Å². The number of halogens is 1. The van der Waals surface area contributed by atoms with Crippen LogP contribution in [0, 0.1) is 6.92 Å². The summed E-state index contributed by atoms with van der Waals surface area (Å²) in [7, 11) is 1.63. The van der Waals surface area contributed by atoms with E-state index in [0.29, 0.717) is 5.02 Å². The average molecular weight is 306 g/mol. The van der Waals surface area contributed by atoms with E-state index in [1.54, 1.807) is 19.2 Å². The van der Waals surface area contributed by atoms with E-state index in [0.717, 1.165) is 29.0 Å². The molecule has 0 amide bonds. The number of phenols is 1. The Morgan fingerprint density at radius 1 is 1.24 bits per heavy atom. The zero-order valence-electron chi connectivity index (χ0n) is 12.5. The molecule has 2 aromatic rings. The van der Waals surface area contributed by atoms with Crippen LogP contribution in [0.2, 0.25) is 5.02 Å². The molecule has 2 aromatic carbocycles. The number of aromatic hydroxyl groups is 1. The monoisotopic (exact) mass is 305 g/mol. The Kier molecular flexibility index (Phi) is 4.97. The highest BCUT2D eigenvalue weighted by molar-refractivity contribution is 6.31. The molecule has 3 nitrogen and oxygen atoms in total. The van der Waals surface area contributed by atoms with Crippen LogP contribution in [-0.2, 0) is 0 Å². The fourth-order valence-corrected chi connectivity index (χ4v) is 2.41. The first-order valence-corrected chi connectivity index (χ1v) is 7.32. The zero-order valence-corrected chi connectivity index (χ0v) is 13.2. The van der Waals surface area contributed by atoms with Crippen LogP contribution in [0.25, 0.3) is 0 Å². The second-order valence-electron chi connectivity index (χ2n) is 5.00. The fraction of sp³-hybridized carbons (Fsp3) is 0.294. The molecule has 0 fully saturated rings. The maximum atomic E-state index is 9.39. The van der Waals surface area contributed by atoms with E-state index >= 15 is 0 Å². The maximum Gasteiger partial charge on any atom is 0.143 e. The van der Waals surface area contributed by atoms with Crippen LogP contribution in [0.4, 0.5) is 5.69 Å². The highest BCUT2D eigenvalue weighted by Gasteiger charge is 2.13. The van der Waals surface area contributed by atoms with Crippen LogP contribution in [0.3, 0.4) is 0 Å². The van der Waals surface area contributed by atoms with Crippen LogP contribution in [0.15, 0.2) is 36.4 Å². The molecule has 112 valence electrons. The van der Waals surface area contributed by atoms with Gasteiger partial charge in [-0.25, -0.2) is 0 Å². The lowest BCUT2D eigenvalue weighted by Crippen LogP contribution is -2.10. The topological polar surface area (TPSA) is 41.5 Å². The highest BCUT2D eigenvalue weighted by atomic mass is 35.5. The molecule has 2 rings (SSSR count). The minimum atomic E-state index is 0.139. The van der Waals surface area contributed by atoms with Gasteiger partial charge >= 0.3 is 0 Å². The minimum absolute atomic E-state index is 0.139. The van der Waals surface area contributed by atoms with Gasteiger partial charge in [-0.05, 0) is 42.7 Å². The lowest BCUT2D eigenvalue weighted by atomic mass is 10.0. The Labute approximate surface area is 130 Å². The van der Waals surface area contributed by atoms with Crippen LogP contribution in [0.1, 0.15) is 30.5 Å². The van der Waals surface area contributed by atoms with E-state index in [2.05, 4.69) is 12.2 Å². The van der Waals surface area contributed by atoms with E-state index in [9.17, 15) is 5.11 Å². The molecular weight excluding hydrogens is 286 g/mol. The second kappa shape index (κ2) is 6.72. The Balaban J connectivity index is 2.30. The number of hydrogen-bond acceptors (Lipinski definition) is 3. The summed E-state index contributed by atoms with van der Waals surface area (Å²) in [4.78, 5) is 0. The third-order valence-corrected chi connectivity index (χ3v) is 3.92. The number of hydrogen-bond donors (Lipinski definition) is 2. The van der Waals surface area contributed by atoms with Crippen molar-refractivity contribution >= 4 is 17.3 Å². The third-order valence-electron chi connectivity index (χ3n) is 3.51. The summed E-state index contributed by atoms with van der Waals surface area (Å²) < 4.78 is 5.39. The van der Waals surface area contributed by atoms with E-state index in [1.807, 2.05) is 31.2 Å². The number of nitrogens with one attached hydrogen (secondary N) is 1. The molecule has 0 saturated carbocycles. The third kappa shape index (κ3) is 3.61. The summed E-state index contributed by atoms with van der Waals surface area (Å²) in [6, 6.07) is 11.2. The first kappa shape index (κ1) is 15.5. The number of rotatable bonds is 5. The van der Waals surface area contributed by atoms with Crippen molar-refractivity contribution in [1.29, 1.82) is 0 Å². The second-order valence-corrected chi connectivity index (χ2v) is 5.41. The number of phenolic OH excluding ortho intramolecular Hbond substituents is 1. The molecule has 1 atom stereocenters. The summed E-state index contributed by atoms with van der Waals surface area (Å²) >= 11 is 6.13. The molecule has 0 aliphatic carbocycles. The van der Waals surface area contributed by atoms with Gasteiger partial charge in [-0.15, -0.1) is 0 Å². The van der Waals surface area contributed by atoms with Crippen molar-refractivity contribution in [2.75, 3.05) is 12.4 Å². The van der Waals surface area contributed by atoms with Crippen molar-refractivity contribution in [1.82, 2.24) is 0 Å². The van der Waals surface area contributed by atoms with Gasteiger partial charge < -0.3 is 15.2 Å². The van der Waals surface area contributed by atoms with E-state index in [1.165, 1.54) is 0 Å². The Morgan fingerprint density at radius 2 is 1.90 bits per heavy atom. The SMILES string of the molecule is CCC(Nc1cc(C)c(Cl)cc1OC)c1ccc(O)cc1. The molecule has 0 radical (unpaired) electrons. The zero-order chi connectivity index (χ0) is 15.4. The van der Waals surface area contributed by atoms with Crippen molar-refractivity contribution in [3.63, 3.8) is 0 Å².